The molecule has 18 heavy (non-hydrogen) atoms. The Bertz CT molecular complexity index is 410. The SMILES string of the molecule is CCCCC(N)C(=O)NCc1ccc(F)cc1F. The number of carbonyl (C=O) groups is 1. The highest BCUT2D eigenvalue weighted by Crippen LogP contribution is 2.09. The second kappa shape index (κ2) is 7.06. The summed E-state index contributed by atoms with van der Waals surface area (Å²) in [6.07, 6.45) is 2.45. The van der Waals surface area contributed by atoms with Gasteiger partial charge in [-0.25, -0.2) is 8.78 Å². The first-order chi connectivity index (χ1) is 8.54. The van der Waals surface area contributed by atoms with Crippen LogP contribution in [-0.2, 0) is 11.3 Å². The molecule has 1 atom stereocenters. The molecule has 100 valence electrons. The molecule has 1 unspecified atom stereocenters. The number of amides is 1. The monoisotopic (exact) mass is 256 g/mol. The number of carbonyl (C=O) groups excluding carboxylic acids is 1. The van der Waals surface area contributed by atoms with Gasteiger partial charge in [-0.05, 0) is 12.5 Å². The van der Waals surface area contributed by atoms with Gasteiger partial charge >= 0.3 is 0 Å². The number of nitrogens with one attached hydrogen (secondary N) is 1. The third-order valence-corrected chi connectivity index (χ3v) is 2.67. The Morgan fingerprint density at radius 2 is 2.17 bits per heavy atom. The fraction of sp³-hybridized carbons (Fsp3) is 0.462. The summed E-state index contributed by atoms with van der Waals surface area (Å²) >= 11 is 0. The fourth-order valence-electron chi connectivity index (χ4n) is 1.53. The number of rotatable bonds is 6. The zero-order valence-corrected chi connectivity index (χ0v) is 10.4. The van der Waals surface area contributed by atoms with E-state index in [2.05, 4.69) is 5.32 Å². The molecule has 0 saturated heterocycles. The van der Waals surface area contributed by atoms with Crippen molar-refractivity contribution in [3.8, 4) is 0 Å². The van der Waals surface area contributed by atoms with Crippen molar-refractivity contribution >= 4 is 5.91 Å². The zero-order valence-electron chi connectivity index (χ0n) is 10.4. The lowest BCUT2D eigenvalue weighted by Crippen LogP contribution is -2.40. The number of unbranched alkanes of at least 4 members (excludes halogenated alkanes) is 1. The van der Waals surface area contributed by atoms with E-state index in [0.29, 0.717) is 6.42 Å². The van der Waals surface area contributed by atoms with Crippen LogP contribution < -0.4 is 11.1 Å². The summed E-state index contributed by atoms with van der Waals surface area (Å²) < 4.78 is 25.9. The molecule has 0 saturated carbocycles. The molecule has 0 radical (unpaired) electrons. The van der Waals surface area contributed by atoms with Crippen molar-refractivity contribution < 1.29 is 13.6 Å². The summed E-state index contributed by atoms with van der Waals surface area (Å²) in [5, 5.41) is 2.54. The molecule has 0 heterocycles. The van der Waals surface area contributed by atoms with E-state index in [0.717, 1.165) is 25.0 Å². The number of hydrogen-bond donors (Lipinski definition) is 2. The van der Waals surface area contributed by atoms with Crippen LogP contribution in [0.5, 0.6) is 0 Å². The molecule has 3 N–H and O–H groups in total. The number of nitrogens with two attached hydrogens (primary N) is 1. The van der Waals surface area contributed by atoms with E-state index in [1.807, 2.05) is 6.92 Å². The van der Waals surface area contributed by atoms with Crippen molar-refractivity contribution in [2.75, 3.05) is 0 Å². The average molecular weight is 256 g/mol. The molecule has 1 amide bonds. The predicted molar refractivity (Wildman–Crippen MR) is 65.7 cm³/mol. The van der Waals surface area contributed by atoms with Crippen molar-refractivity contribution in [2.24, 2.45) is 5.73 Å². The summed E-state index contributed by atoms with van der Waals surface area (Å²) in [7, 11) is 0. The first-order valence-corrected chi connectivity index (χ1v) is 6.01. The highest BCUT2D eigenvalue weighted by atomic mass is 19.1. The van der Waals surface area contributed by atoms with Crippen LogP contribution in [0.25, 0.3) is 0 Å². The van der Waals surface area contributed by atoms with Crippen LogP contribution >= 0.6 is 0 Å². The molecular weight excluding hydrogens is 238 g/mol. The van der Waals surface area contributed by atoms with E-state index in [4.69, 9.17) is 5.73 Å². The number of hydrogen-bond acceptors (Lipinski definition) is 2. The van der Waals surface area contributed by atoms with Crippen LogP contribution in [-0.4, -0.2) is 11.9 Å². The van der Waals surface area contributed by atoms with Gasteiger partial charge in [0, 0.05) is 18.2 Å². The molecule has 0 aliphatic carbocycles. The van der Waals surface area contributed by atoms with Gasteiger partial charge in [-0.2, -0.15) is 0 Å². The summed E-state index contributed by atoms with van der Waals surface area (Å²) in [6.45, 7) is 2.03. The predicted octanol–water partition coefficient (Wildman–Crippen LogP) is 2.10. The molecule has 0 aliphatic heterocycles. The minimum atomic E-state index is -0.669. The van der Waals surface area contributed by atoms with Crippen molar-refractivity contribution in [3.63, 3.8) is 0 Å². The van der Waals surface area contributed by atoms with E-state index >= 15 is 0 Å². The van der Waals surface area contributed by atoms with E-state index in [9.17, 15) is 13.6 Å². The van der Waals surface area contributed by atoms with Gasteiger partial charge in [0.2, 0.25) is 5.91 Å². The van der Waals surface area contributed by atoms with E-state index < -0.39 is 17.7 Å². The van der Waals surface area contributed by atoms with Gasteiger partial charge in [-0.15, -0.1) is 0 Å². The molecule has 3 nitrogen and oxygen atoms in total. The van der Waals surface area contributed by atoms with E-state index in [1.54, 1.807) is 0 Å². The van der Waals surface area contributed by atoms with Crippen molar-refractivity contribution in [3.05, 3.63) is 35.4 Å². The minimum absolute atomic E-state index is 0.0186. The molecular formula is C13H18F2N2O. The van der Waals surface area contributed by atoms with Crippen LogP contribution in [0.1, 0.15) is 31.7 Å². The maximum Gasteiger partial charge on any atom is 0.237 e. The summed E-state index contributed by atoms with van der Waals surface area (Å²) in [6, 6.07) is 2.68. The molecule has 0 aliphatic rings. The third kappa shape index (κ3) is 4.41. The smallest absolute Gasteiger partial charge is 0.237 e. The largest absolute Gasteiger partial charge is 0.351 e. The van der Waals surface area contributed by atoms with Gasteiger partial charge < -0.3 is 11.1 Å². The molecule has 1 rings (SSSR count). The Kier molecular flexibility index (Phi) is 5.71. The Morgan fingerprint density at radius 3 is 2.78 bits per heavy atom. The topological polar surface area (TPSA) is 55.1 Å². The molecule has 1 aromatic rings. The van der Waals surface area contributed by atoms with Crippen LogP contribution in [0, 0.1) is 11.6 Å². The van der Waals surface area contributed by atoms with Crippen molar-refractivity contribution in [1.29, 1.82) is 0 Å². The fourth-order valence-corrected chi connectivity index (χ4v) is 1.53. The highest BCUT2D eigenvalue weighted by molar-refractivity contribution is 5.81. The summed E-state index contributed by atoms with van der Waals surface area (Å²) in [5.74, 6) is -1.62. The molecule has 1 aromatic carbocycles. The standard InChI is InChI=1S/C13H18F2N2O/c1-2-3-4-12(16)13(18)17-8-9-5-6-10(14)7-11(9)15/h5-7,12H,2-4,8,16H2,1H3,(H,17,18). The van der Waals surface area contributed by atoms with Gasteiger partial charge in [0.1, 0.15) is 11.6 Å². The summed E-state index contributed by atoms with van der Waals surface area (Å²) in [5.41, 5.74) is 5.91. The molecule has 5 heteroatoms. The first kappa shape index (κ1) is 14.6. The lowest BCUT2D eigenvalue weighted by molar-refractivity contribution is -0.122. The second-order valence-electron chi connectivity index (χ2n) is 4.20. The lowest BCUT2D eigenvalue weighted by Gasteiger charge is -2.12. The molecule has 0 spiro atoms. The maximum atomic E-state index is 13.3. The van der Waals surface area contributed by atoms with E-state index in [1.165, 1.54) is 6.07 Å². The Labute approximate surface area is 105 Å². The maximum absolute atomic E-state index is 13.3. The summed E-state index contributed by atoms with van der Waals surface area (Å²) in [4.78, 5) is 11.6. The van der Waals surface area contributed by atoms with Crippen LogP contribution in [0.2, 0.25) is 0 Å². The molecule has 0 bridgehead atoms. The highest BCUT2D eigenvalue weighted by Gasteiger charge is 2.13. The Balaban J connectivity index is 2.47. The van der Waals surface area contributed by atoms with Crippen LogP contribution in [0.4, 0.5) is 8.78 Å². The van der Waals surface area contributed by atoms with Gasteiger partial charge in [0.25, 0.3) is 0 Å². The lowest BCUT2D eigenvalue weighted by atomic mass is 10.1. The van der Waals surface area contributed by atoms with Gasteiger partial charge in [-0.1, -0.05) is 25.8 Å². The zero-order chi connectivity index (χ0) is 13.5. The average Bonchev–Trinajstić information content (AvgIpc) is 2.34. The number of halogens is 2. The van der Waals surface area contributed by atoms with Crippen molar-refractivity contribution in [2.45, 2.75) is 38.8 Å². The van der Waals surface area contributed by atoms with Gasteiger partial charge in [0.05, 0.1) is 6.04 Å². The van der Waals surface area contributed by atoms with Crippen LogP contribution in [0.15, 0.2) is 18.2 Å². The number of benzene rings is 1. The normalized spacial score (nSPS) is 12.2. The molecule has 0 fully saturated rings. The second-order valence-corrected chi connectivity index (χ2v) is 4.20. The van der Waals surface area contributed by atoms with Gasteiger partial charge in [0.15, 0.2) is 0 Å². The van der Waals surface area contributed by atoms with Crippen molar-refractivity contribution in [1.82, 2.24) is 5.32 Å². The third-order valence-electron chi connectivity index (χ3n) is 2.67. The Morgan fingerprint density at radius 1 is 1.44 bits per heavy atom. The minimum Gasteiger partial charge on any atom is -0.351 e. The van der Waals surface area contributed by atoms with E-state index in [-0.39, 0.29) is 18.0 Å². The quantitative estimate of drug-likeness (QED) is 0.819. The first-order valence-electron chi connectivity index (χ1n) is 6.01. The Hall–Kier alpha value is -1.49. The van der Waals surface area contributed by atoms with Gasteiger partial charge in [-0.3, -0.25) is 4.79 Å². The molecule has 0 aromatic heterocycles. The van der Waals surface area contributed by atoms with Crippen LogP contribution in [0.3, 0.4) is 0 Å².